The average Bonchev–Trinajstić information content (AvgIpc) is 2.31. The van der Waals surface area contributed by atoms with Crippen LogP contribution in [-0.4, -0.2) is 49.1 Å². The van der Waals surface area contributed by atoms with Crippen LogP contribution in [0.2, 0.25) is 0 Å². The molecular weight excluding hydrogens is 204 g/mol. The van der Waals surface area contributed by atoms with Gasteiger partial charge in [0.2, 0.25) is 5.91 Å². The number of carbonyl (C=O) groups is 1. The van der Waals surface area contributed by atoms with Crippen LogP contribution in [0.5, 0.6) is 0 Å². The molecule has 0 aromatic rings. The van der Waals surface area contributed by atoms with Crippen LogP contribution < -0.4 is 10.6 Å². The van der Waals surface area contributed by atoms with Gasteiger partial charge in [0.15, 0.2) is 0 Å². The highest BCUT2D eigenvalue weighted by Gasteiger charge is 2.32. The van der Waals surface area contributed by atoms with Crippen molar-refractivity contribution in [3.05, 3.63) is 0 Å². The highest BCUT2D eigenvalue weighted by atomic mass is 16.2. The summed E-state index contributed by atoms with van der Waals surface area (Å²) >= 11 is 0. The SMILES string of the molecule is CCNC(=O)C1CNCCN1C(C#N)CC. The fraction of sp³-hybridized carbons (Fsp3) is 0.818. The van der Waals surface area contributed by atoms with Crippen molar-refractivity contribution in [2.75, 3.05) is 26.2 Å². The van der Waals surface area contributed by atoms with Crippen molar-refractivity contribution in [3.8, 4) is 6.07 Å². The van der Waals surface area contributed by atoms with Crippen LogP contribution in [0.15, 0.2) is 0 Å². The van der Waals surface area contributed by atoms with Crippen LogP contribution in [0.25, 0.3) is 0 Å². The molecule has 1 aliphatic heterocycles. The second kappa shape index (κ2) is 6.46. The summed E-state index contributed by atoms with van der Waals surface area (Å²) < 4.78 is 0. The Labute approximate surface area is 96.8 Å². The Morgan fingerprint density at radius 2 is 2.44 bits per heavy atom. The molecule has 0 aromatic carbocycles. The normalized spacial score (nSPS) is 23.4. The van der Waals surface area contributed by atoms with E-state index >= 15 is 0 Å². The lowest BCUT2D eigenvalue weighted by molar-refractivity contribution is -0.127. The molecule has 1 amide bonds. The van der Waals surface area contributed by atoms with E-state index < -0.39 is 0 Å². The van der Waals surface area contributed by atoms with E-state index in [1.165, 1.54) is 0 Å². The predicted molar refractivity (Wildman–Crippen MR) is 61.7 cm³/mol. The van der Waals surface area contributed by atoms with Gasteiger partial charge in [-0.25, -0.2) is 0 Å². The lowest BCUT2D eigenvalue weighted by Crippen LogP contribution is -2.60. The fourth-order valence-corrected chi connectivity index (χ4v) is 2.03. The lowest BCUT2D eigenvalue weighted by Gasteiger charge is -2.37. The summed E-state index contributed by atoms with van der Waals surface area (Å²) in [6.07, 6.45) is 0.756. The minimum atomic E-state index is -0.210. The van der Waals surface area contributed by atoms with Gasteiger partial charge in [0.25, 0.3) is 0 Å². The Morgan fingerprint density at radius 3 is 3.00 bits per heavy atom. The van der Waals surface area contributed by atoms with Gasteiger partial charge in [-0.3, -0.25) is 9.69 Å². The van der Waals surface area contributed by atoms with Crippen LogP contribution in [0.4, 0.5) is 0 Å². The first-order valence-corrected chi connectivity index (χ1v) is 5.88. The Morgan fingerprint density at radius 1 is 1.69 bits per heavy atom. The van der Waals surface area contributed by atoms with Crippen LogP contribution in [0.1, 0.15) is 20.3 Å². The van der Waals surface area contributed by atoms with Crippen molar-refractivity contribution in [1.82, 2.24) is 15.5 Å². The minimum absolute atomic E-state index is 0.0170. The molecule has 0 aliphatic carbocycles. The maximum Gasteiger partial charge on any atom is 0.238 e. The third kappa shape index (κ3) is 2.94. The Hall–Kier alpha value is -1.12. The molecule has 0 aromatic heterocycles. The summed E-state index contributed by atoms with van der Waals surface area (Å²) in [5.41, 5.74) is 0. The van der Waals surface area contributed by atoms with E-state index in [1.54, 1.807) is 0 Å². The molecule has 1 rings (SSSR count). The highest BCUT2D eigenvalue weighted by Crippen LogP contribution is 2.11. The van der Waals surface area contributed by atoms with Crippen molar-refractivity contribution in [2.24, 2.45) is 0 Å². The largest absolute Gasteiger partial charge is 0.355 e. The van der Waals surface area contributed by atoms with E-state index in [-0.39, 0.29) is 18.0 Å². The van der Waals surface area contributed by atoms with Crippen molar-refractivity contribution >= 4 is 5.91 Å². The molecular formula is C11H20N4O. The van der Waals surface area contributed by atoms with Crippen molar-refractivity contribution in [3.63, 3.8) is 0 Å². The Bertz CT molecular complexity index is 274. The van der Waals surface area contributed by atoms with Crippen molar-refractivity contribution in [1.29, 1.82) is 5.26 Å². The van der Waals surface area contributed by atoms with Gasteiger partial charge < -0.3 is 10.6 Å². The van der Waals surface area contributed by atoms with E-state index in [1.807, 2.05) is 18.7 Å². The second-order valence-corrected chi connectivity index (χ2v) is 3.91. The lowest BCUT2D eigenvalue weighted by atomic mass is 10.1. The van der Waals surface area contributed by atoms with Gasteiger partial charge in [-0.2, -0.15) is 5.26 Å². The molecule has 1 fully saturated rings. The topological polar surface area (TPSA) is 68.2 Å². The first-order chi connectivity index (χ1) is 7.74. The molecule has 90 valence electrons. The number of hydrogen-bond acceptors (Lipinski definition) is 4. The summed E-state index contributed by atoms with van der Waals surface area (Å²) in [4.78, 5) is 13.8. The molecule has 2 N–H and O–H groups in total. The molecule has 0 bridgehead atoms. The smallest absolute Gasteiger partial charge is 0.238 e. The van der Waals surface area contributed by atoms with Crippen LogP contribution in [-0.2, 0) is 4.79 Å². The Kier molecular flexibility index (Phi) is 5.23. The standard InChI is InChI=1S/C11H20N4O/c1-3-9(7-12)15-6-5-13-8-10(15)11(16)14-4-2/h9-10,13H,3-6,8H2,1-2H3,(H,14,16). The molecule has 5 heteroatoms. The third-order valence-electron chi connectivity index (χ3n) is 2.87. The molecule has 0 saturated carbocycles. The number of carbonyl (C=O) groups excluding carboxylic acids is 1. The minimum Gasteiger partial charge on any atom is -0.355 e. The van der Waals surface area contributed by atoms with E-state index in [9.17, 15) is 4.79 Å². The van der Waals surface area contributed by atoms with E-state index in [2.05, 4.69) is 16.7 Å². The molecule has 1 saturated heterocycles. The number of amides is 1. The quantitative estimate of drug-likeness (QED) is 0.688. The number of nitriles is 1. The zero-order chi connectivity index (χ0) is 12.0. The summed E-state index contributed by atoms with van der Waals surface area (Å²) in [5.74, 6) is 0.0170. The van der Waals surface area contributed by atoms with Crippen LogP contribution in [0.3, 0.4) is 0 Å². The maximum atomic E-state index is 11.8. The molecule has 1 aliphatic rings. The number of nitrogens with one attached hydrogen (secondary N) is 2. The summed E-state index contributed by atoms with van der Waals surface area (Å²) in [7, 11) is 0. The van der Waals surface area contributed by atoms with Crippen molar-refractivity contribution < 1.29 is 4.79 Å². The zero-order valence-electron chi connectivity index (χ0n) is 9.99. The fourth-order valence-electron chi connectivity index (χ4n) is 2.03. The number of rotatable bonds is 4. The number of nitrogens with zero attached hydrogens (tertiary/aromatic N) is 2. The first-order valence-electron chi connectivity index (χ1n) is 5.88. The zero-order valence-corrected chi connectivity index (χ0v) is 9.99. The first kappa shape index (κ1) is 12.9. The molecule has 2 unspecified atom stereocenters. The predicted octanol–water partition coefficient (Wildman–Crippen LogP) is -0.302. The third-order valence-corrected chi connectivity index (χ3v) is 2.87. The monoisotopic (exact) mass is 224 g/mol. The van der Waals surface area contributed by atoms with E-state index in [0.29, 0.717) is 13.1 Å². The summed E-state index contributed by atoms with van der Waals surface area (Å²) in [6, 6.07) is 1.90. The molecule has 0 spiro atoms. The van der Waals surface area contributed by atoms with Gasteiger partial charge >= 0.3 is 0 Å². The maximum absolute atomic E-state index is 11.8. The summed E-state index contributed by atoms with van der Waals surface area (Å²) in [5, 5.41) is 15.1. The number of likely N-dealkylation sites (N-methyl/N-ethyl adjacent to an activating group) is 1. The Balaban J connectivity index is 2.70. The van der Waals surface area contributed by atoms with Gasteiger partial charge in [-0.1, -0.05) is 6.92 Å². The van der Waals surface area contributed by atoms with Gasteiger partial charge in [-0.15, -0.1) is 0 Å². The van der Waals surface area contributed by atoms with Gasteiger partial charge in [0.05, 0.1) is 12.1 Å². The van der Waals surface area contributed by atoms with Gasteiger partial charge in [0, 0.05) is 26.2 Å². The molecule has 5 nitrogen and oxygen atoms in total. The average molecular weight is 224 g/mol. The van der Waals surface area contributed by atoms with Gasteiger partial charge in [-0.05, 0) is 13.3 Å². The summed E-state index contributed by atoms with van der Waals surface area (Å²) in [6.45, 7) is 6.74. The molecule has 16 heavy (non-hydrogen) atoms. The highest BCUT2D eigenvalue weighted by molar-refractivity contribution is 5.82. The molecule has 1 heterocycles. The van der Waals surface area contributed by atoms with Crippen LogP contribution >= 0.6 is 0 Å². The second-order valence-electron chi connectivity index (χ2n) is 3.91. The number of piperazine rings is 1. The van der Waals surface area contributed by atoms with E-state index in [4.69, 9.17) is 5.26 Å². The van der Waals surface area contributed by atoms with Crippen LogP contribution in [0, 0.1) is 11.3 Å². The van der Waals surface area contributed by atoms with Gasteiger partial charge in [0.1, 0.15) is 6.04 Å². The molecule has 0 radical (unpaired) electrons. The number of hydrogen-bond donors (Lipinski definition) is 2. The molecule has 2 atom stereocenters. The van der Waals surface area contributed by atoms with Crippen molar-refractivity contribution in [2.45, 2.75) is 32.4 Å². The van der Waals surface area contributed by atoms with E-state index in [0.717, 1.165) is 19.5 Å².